The standard InChI is InChI=1S/C26H38N10O/c1-33(2)12-14-35-21(17-27)18-30-25(35)26(37)31-23-11-10-20(16-22(23)19-8-6-5-7-9-19)24(32-28)36(29)15-13-34(3)4/h8,10-11,16,18H,5-7,9,12-15,28-29H2,1-4H3,(H,31,37)/b32-24-. The maximum absolute atomic E-state index is 13.4. The quantitative estimate of drug-likeness (QED) is 0.192. The number of hydrogen-bond acceptors (Lipinski definition) is 8. The number of carbonyl (C=O) groups is 1. The number of hydrogen-bond donors (Lipinski definition) is 3. The third kappa shape index (κ3) is 7.16. The average molecular weight is 507 g/mol. The monoisotopic (exact) mass is 506 g/mol. The van der Waals surface area contributed by atoms with Crippen LogP contribution in [0.3, 0.4) is 0 Å². The van der Waals surface area contributed by atoms with Crippen LogP contribution in [0, 0.1) is 11.3 Å². The lowest BCUT2D eigenvalue weighted by molar-refractivity contribution is 0.101. The van der Waals surface area contributed by atoms with E-state index in [2.05, 4.69) is 27.5 Å². The Morgan fingerprint density at radius 3 is 2.57 bits per heavy atom. The molecule has 0 radical (unpaired) electrons. The first-order valence-electron chi connectivity index (χ1n) is 12.5. The van der Waals surface area contributed by atoms with Crippen molar-refractivity contribution < 1.29 is 4.79 Å². The molecule has 0 bridgehead atoms. The average Bonchev–Trinajstić information content (AvgIpc) is 3.31. The number of likely N-dealkylation sites (N-methyl/N-ethyl adjacent to an activating group) is 2. The molecule has 37 heavy (non-hydrogen) atoms. The van der Waals surface area contributed by atoms with Gasteiger partial charge < -0.3 is 25.5 Å². The number of anilines is 1. The van der Waals surface area contributed by atoms with Gasteiger partial charge in [-0.25, -0.2) is 10.8 Å². The van der Waals surface area contributed by atoms with Gasteiger partial charge in [-0.2, -0.15) is 10.4 Å². The summed E-state index contributed by atoms with van der Waals surface area (Å²) in [6.07, 6.45) is 7.76. The van der Waals surface area contributed by atoms with Gasteiger partial charge >= 0.3 is 0 Å². The van der Waals surface area contributed by atoms with Crippen molar-refractivity contribution in [3.63, 3.8) is 0 Å². The normalized spacial score (nSPS) is 14.0. The zero-order valence-electron chi connectivity index (χ0n) is 22.2. The smallest absolute Gasteiger partial charge is 0.291 e. The van der Waals surface area contributed by atoms with E-state index in [0.717, 1.165) is 48.9 Å². The second-order valence-corrected chi connectivity index (χ2v) is 9.67. The molecule has 2 aromatic rings. The Kier molecular flexibility index (Phi) is 9.79. The number of nitriles is 1. The molecule has 0 atom stereocenters. The molecular formula is C26H38N10O. The molecule has 11 nitrogen and oxygen atoms in total. The van der Waals surface area contributed by atoms with E-state index in [1.807, 2.05) is 56.2 Å². The number of nitrogens with zero attached hydrogens (tertiary/aromatic N) is 7. The molecule has 1 aromatic carbocycles. The SMILES string of the molecule is CN(C)CCN(N)/C(=N\N)c1ccc(NC(=O)c2ncc(C#N)n2CCN(C)C)c(C2=CCCCC2)c1. The highest BCUT2D eigenvalue weighted by Gasteiger charge is 2.21. The van der Waals surface area contributed by atoms with Crippen LogP contribution in [-0.2, 0) is 6.54 Å². The molecular weight excluding hydrogens is 468 g/mol. The zero-order valence-corrected chi connectivity index (χ0v) is 22.2. The number of hydrazone groups is 1. The van der Waals surface area contributed by atoms with Gasteiger partial charge in [-0.3, -0.25) is 9.80 Å². The van der Waals surface area contributed by atoms with Gasteiger partial charge in [0, 0.05) is 43.0 Å². The van der Waals surface area contributed by atoms with Crippen LogP contribution in [-0.4, -0.2) is 83.9 Å². The third-order valence-electron chi connectivity index (χ3n) is 6.29. The van der Waals surface area contributed by atoms with Crippen molar-refractivity contribution in [1.82, 2.24) is 24.4 Å². The van der Waals surface area contributed by atoms with Gasteiger partial charge in [0.25, 0.3) is 5.91 Å². The van der Waals surface area contributed by atoms with Crippen molar-refractivity contribution in [3.8, 4) is 6.07 Å². The van der Waals surface area contributed by atoms with Crippen molar-refractivity contribution in [3.05, 3.63) is 53.1 Å². The van der Waals surface area contributed by atoms with Gasteiger partial charge in [-0.15, -0.1) is 0 Å². The van der Waals surface area contributed by atoms with Crippen LogP contribution >= 0.6 is 0 Å². The van der Waals surface area contributed by atoms with Gasteiger partial charge in [0.1, 0.15) is 11.8 Å². The Morgan fingerprint density at radius 1 is 1.19 bits per heavy atom. The molecule has 5 N–H and O–H groups in total. The predicted octanol–water partition coefficient (Wildman–Crippen LogP) is 1.88. The van der Waals surface area contributed by atoms with E-state index in [1.165, 1.54) is 11.2 Å². The van der Waals surface area contributed by atoms with Crippen molar-refractivity contribution in [1.29, 1.82) is 5.26 Å². The minimum atomic E-state index is -0.371. The zero-order chi connectivity index (χ0) is 26.9. The fourth-order valence-electron chi connectivity index (χ4n) is 4.22. The molecule has 0 spiro atoms. The molecule has 1 aliphatic rings. The van der Waals surface area contributed by atoms with Crippen molar-refractivity contribution in [2.24, 2.45) is 16.8 Å². The van der Waals surface area contributed by atoms with E-state index < -0.39 is 0 Å². The van der Waals surface area contributed by atoms with Gasteiger partial charge in [0.15, 0.2) is 11.7 Å². The molecule has 0 saturated heterocycles. The highest BCUT2D eigenvalue weighted by atomic mass is 16.2. The number of allylic oxidation sites excluding steroid dienone is 2. The van der Waals surface area contributed by atoms with Crippen LogP contribution in [0.5, 0.6) is 0 Å². The number of aromatic nitrogens is 2. The summed E-state index contributed by atoms with van der Waals surface area (Å²) in [6.45, 7) is 2.44. The van der Waals surface area contributed by atoms with E-state index >= 15 is 0 Å². The van der Waals surface area contributed by atoms with E-state index in [-0.39, 0.29) is 11.7 Å². The number of carbonyl (C=O) groups excluding carboxylic acids is 1. The third-order valence-corrected chi connectivity index (χ3v) is 6.29. The van der Waals surface area contributed by atoms with Crippen molar-refractivity contribution >= 4 is 23.0 Å². The first-order chi connectivity index (χ1) is 17.7. The number of amidine groups is 1. The maximum Gasteiger partial charge on any atom is 0.291 e. The second-order valence-electron chi connectivity index (χ2n) is 9.67. The highest BCUT2D eigenvalue weighted by molar-refractivity contribution is 6.05. The van der Waals surface area contributed by atoms with Gasteiger partial charge in [-0.05, 0) is 77.6 Å². The lowest BCUT2D eigenvalue weighted by Gasteiger charge is -2.24. The molecule has 3 rings (SSSR count). The van der Waals surface area contributed by atoms with Gasteiger partial charge in [0.05, 0.1) is 6.20 Å². The summed E-state index contributed by atoms with van der Waals surface area (Å²) in [5.41, 5.74) is 3.84. The summed E-state index contributed by atoms with van der Waals surface area (Å²) >= 11 is 0. The Labute approximate surface area is 219 Å². The Balaban J connectivity index is 1.95. The van der Waals surface area contributed by atoms with Crippen molar-refractivity contribution in [2.75, 3.05) is 53.1 Å². The molecule has 0 unspecified atom stereocenters. The van der Waals surface area contributed by atoms with Crippen LogP contribution in [0.15, 0.2) is 35.6 Å². The molecule has 0 aliphatic heterocycles. The minimum absolute atomic E-state index is 0.201. The van der Waals surface area contributed by atoms with E-state index in [0.29, 0.717) is 36.9 Å². The molecule has 198 valence electrons. The van der Waals surface area contributed by atoms with E-state index in [4.69, 9.17) is 11.7 Å². The predicted molar refractivity (Wildman–Crippen MR) is 147 cm³/mol. The number of hydrazine groups is 1. The summed E-state index contributed by atoms with van der Waals surface area (Å²) in [5, 5.41) is 18.0. The highest BCUT2D eigenvalue weighted by Crippen LogP contribution is 2.33. The molecule has 11 heteroatoms. The fourth-order valence-corrected chi connectivity index (χ4v) is 4.22. The van der Waals surface area contributed by atoms with E-state index in [9.17, 15) is 10.1 Å². The number of imidazole rings is 1. The van der Waals surface area contributed by atoms with Crippen molar-refractivity contribution in [2.45, 2.75) is 32.2 Å². The Bertz CT molecular complexity index is 1190. The lowest BCUT2D eigenvalue weighted by atomic mass is 9.91. The first-order valence-corrected chi connectivity index (χ1v) is 12.5. The van der Waals surface area contributed by atoms with Gasteiger partial charge in [0.2, 0.25) is 0 Å². The number of benzene rings is 1. The Hall–Kier alpha value is -3.72. The van der Waals surface area contributed by atoms with Crippen LogP contribution in [0.2, 0.25) is 0 Å². The first kappa shape index (κ1) is 27.9. The number of nitrogens with one attached hydrogen (secondary N) is 1. The topological polar surface area (TPSA) is 145 Å². The summed E-state index contributed by atoms with van der Waals surface area (Å²) in [7, 11) is 7.83. The van der Waals surface area contributed by atoms with Crippen LogP contribution in [0.4, 0.5) is 5.69 Å². The molecule has 1 heterocycles. The minimum Gasteiger partial charge on any atom is -0.321 e. The fraction of sp³-hybridized carbons (Fsp3) is 0.462. The molecule has 1 aliphatic carbocycles. The maximum atomic E-state index is 13.4. The molecule has 1 amide bonds. The molecule has 0 saturated carbocycles. The molecule has 1 aromatic heterocycles. The summed E-state index contributed by atoms with van der Waals surface area (Å²) in [5.74, 6) is 12.3. The van der Waals surface area contributed by atoms with E-state index in [1.54, 1.807) is 4.57 Å². The van der Waals surface area contributed by atoms with Crippen LogP contribution in [0.25, 0.3) is 5.57 Å². The number of nitrogens with two attached hydrogens (primary N) is 2. The Morgan fingerprint density at radius 2 is 1.95 bits per heavy atom. The summed E-state index contributed by atoms with van der Waals surface area (Å²) in [6, 6.07) is 7.80. The second kappa shape index (κ2) is 13.0. The number of amides is 1. The summed E-state index contributed by atoms with van der Waals surface area (Å²) in [4.78, 5) is 21.6. The lowest BCUT2D eigenvalue weighted by Crippen LogP contribution is -2.42. The van der Waals surface area contributed by atoms with Crippen LogP contribution in [0.1, 0.15) is 53.1 Å². The number of rotatable bonds is 10. The summed E-state index contributed by atoms with van der Waals surface area (Å²) < 4.78 is 1.65. The molecule has 0 fully saturated rings. The largest absolute Gasteiger partial charge is 0.321 e. The van der Waals surface area contributed by atoms with Gasteiger partial charge in [-0.1, -0.05) is 6.08 Å². The van der Waals surface area contributed by atoms with Crippen LogP contribution < -0.4 is 17.0 Å².